The number of hydroxylamine groups is 2. The number of nitrogens with one attached hydrogen (secondary N) is 2. The number of anilines is 4. The first-order valence-electron chi connectivity index (χ1n) is 24.4. The summed E-state index contributed by atoms with van der Waals surface area (Å²) in [5.41, 5.74) is -0.456. The summed E-state index contributed by atoms with van der Waals surface area (Å²) in [6, 6.07) is 18.1. The molecule has 71 heavy (non-hydrogen) atoms. The van der Waals surface area contributed by atoms with Crippen molar-refractivity contribution in [1.29, 1.82) is 0 Å². The zero-order valence-corrected chi connectivity index (χ0v) is 41.0. The fourth-order valence-corrected chi connectivity index (χ4v) is 10.5. The quantitative estimate of drug-likeness (QED) is 0.101. The van der Waals surface area contributed by atoms with Crippen LogP contribution in [0, 0.1) is 31.9 Å². The van der Waals surface area contributed by atoms with Crippen molar-refractivity contribution in [3.8, 4) is 0 Å². The van der Waals surface area contributed by atoms with Crippen LogP contribution in [0.5, 0.6) is 0 Å². The lowest BCUT2D eigenvalue weighted by molar-refractivity contribution is -0.384. The summed E-state index contributed by atoms with van der Waals surface area (Å²) in [5, 5.41) is 32.5. The summed E-state index contributed by atoms with van der Waals surface area (Å²) in [6.45, 7) is 12.4. The van der Waals surface area contributed by atoms with E-state index in [-0.39, 0.29) is 35.2 Å². The molecule has 4 aromatic rings. The van der Waals surface area contributed by atoms with Crippen molar-refractivity contribution in [2.45, 2.75) is 134 Å². The summed E-state index contributed by atoms with van der Waals surface area (Å²) < 4.78 is 38.8. The van der Waals surface area contributed by atoms with Crippen LogP contribution in [0.2, 0.25) is 0 Å². The van der Waals surface area contributed by atoms with E-state index >= 15 is 8.78 Å². The highest BCUT2D eigenvalue weighted by molar-refractivity contribution is 5.99. The van der Waals surface area contributed by atoms with Gasteiger partial charge >= 0.3 is 6.09 Å². The van der Waals surface area contributed by atoms with Crippen molar-refractivity contribution in [1.82, 2.24) is 9.96 Å². The lowest BCUT2D eigenvalue weighted by Gasteiger charge is -2.36. The number of nitro groups is 2. The summed E-state index contributed by atoms with van der Waals surface area (Å²) in [5.74, 6) is -2.46. The Morgan fingerprint density at radius 2 is 1.15 bits per heavy atom. The van der Waals surface area contributed by atoms with Gasteiger partial charge in [-0.2, -0.15) is 5.06 Å². The van der Waals surface area contributed by atoms with Crippen LogP contribution < -0.4 is 20.4 Å². The van der Waals surface area contributed by atoms with E-state index in [9.17, 15) is 34.6 Å². The van der Waals surface area contributed by atoms with Crippen molar-refractivity contribution in [3.63, 3.8) is 0 Å². The van der Waals surface area contributed by atoms with E-state index in [0.29, 0.717) is 82.1 Å². The van der Waals surface area contributed by atoms with Crippen LogP contribution in [0.25, 0.3) is 0 Å². The number of ether oxygens (including phenoxy) is 1. The van der Waals surface area contributed by atoms with Gasteiger partial charge in [-0.15, -0.1) is 0 Å². The SMILES string of the molecule is CC(C)(C)OC(=O)N1CCC[C@H]1C(=O)Nc1ccc([C@H]2CC[C@H](c3ccc(NC(=O)[C@@H]4CCCN4OC(C)(C)C)c([N+](=O)[O-])c3)N2c2cc(F)c(N3CCC(c4ccccc4)CC3)c(F)c2)cc1[N+](=O)[O-]. The molecular formula is C52H62F2N8O9. The number of piperidine rings is 1. The number of hydrogen-bond donors (Lipinski definition) is 2. The Morgan fingerprint density at radius 3 is 1.68 bits per heavy atom. The molecule has 0 aliphatic carbocycles. The Morgan fingerprint density at radius 1 is 0.634 bits per heavy atom. The molecule has 4 atom stereocenters. The first-order chi connectivity index (χ1) is 33.7. The van der Waals surface area contributed by atoms with E-state index in [4.69, 9.17) is 9.57 Å². The van der Waals surface area contributed by atoms with Crippen molar-refractivity contribution in [3.05, 3.63) is 127 Å². The van der Waals surface area contributed by atoms with Crippen LogP contribution in [0.1, 0.15) is 128 Å². The first-order valence-corrected chi connectivity index (χ1v) is 24.4. The second-order valence-electron chi connectivity index (χ2n) is 20.8. The van der Waals surface area contributed by atoms with Gasteiger partial charge < -0.3 is 25.2 Å². The van der Waals surface area contributed by atoms with E-state index in [1.54, 1.807) is 47.8 Å². The third-order valence-electron chi connectivity index (χ3n) is 13.6. The van der Waals surface area contributed by atoms with Crippen LogP contribution in [0.15, 0.2) is 78.9 Å². The minimum Gasteiger partial charge on any atom is -0.444 e. The summed E-state index contributed by atoms with van der Waals surface area (Å²) >= 11 is 0. The van der Waals surface area contributed by atoms with E-state index in [1.807, 2.05) is 39.0 Å². The van der Waals surface area contributed by atoms with Crippen molar-refractivity contribution in [2.75, 3.05) is 46.6 Å². The molecule has 8 rings (SSSR count). The molecule has 0 aromatic heterocycles. The Kier molecular flexibility index (Phi) is 14.7. The molecule has 0 spiro atoms. The molecule has 4 aliphatic rings. The van der Waals surface area contributed by atoms with E-state index in [0.717, 1.165) is 0 Å². The topological polar surface area (TPSA) is 193 Å². The van der Waals surface area contributed by atoms with Crippen molar-refractivity contribution < 1.29 is 42.6 Å². The molecule has 3 amide bonds. The molecule has 0 radical (unpaired) electrons. The molecule has 4 heterocycles. The lowest BCUT2D eigenvalue weighted by Crippen LogP contribution is -2.45. The Labute approximate surface area is 411 Å². The maximum absolute atomic E-state index is 16.6. The molecule has 378 valence electrons. The number of nitro benzene ring substituents is 2. The van der Waals surface area contributed by atoms with Crippen molar-refractivity contribution >= 4 is 52.0 Å². The van der Waals surface area contributed by atoms with Gasteiger partial charge in [0, 0.05) is 44.0 Å². The third-order valence-corrected chi connectivity index (χ3v) is 13.6. The van der Waals surface area contributed by atoms with Gasteiger partial charge in [0.05, 0.1) is 27.5 Å². The minimum atomic E-state index is -0.929. The predicted octanol–water partition coefficient (Wildman–Crippen LogP) is 10.7. The maximum Gasteiger partial charge on any atom is 0.410 e. The average molecular weight is 981 g/mol. The summed E-state index contributed by atoms with van der Waals surface area (Å²) in [7, 11) is 0. The molecule has 0 unspecified atom stereocenters. The normalized spacial score (nSPS) is 21.1. The fourth-order valence-electron chi connectivity index (χ4n) is 10.5. The predicted molar refractivity (Wildman–Crippen MR) is 264 cm³/mol. The second kappa shape index (κ2) is 20.5. The van der Waals surface area contributed by atoms with E-state index in [2.05, 4.69) is 22.8 Å². The van der Waals surface area contributed by atoms with Gasteiger partial charge in [0.15, 0.2) is 11.6 Å². The molecule has 4 aromatic carbocycles. The highest BCUT2D eigenvalue weighted by atomic mass is 19.1. The molecule has 4 fully saturated rings. The highest BCUT2D eigenvalue weighted by Crippen LogP contribution is 2.50. The highest BCUT2D eigenvalue weighted by Gasteiger charge is 2.41. The first kappa shape index (κ1) is 50.7. The van der Waals surface area contributed by atoms with Crippen molar-refractivity contribution in [2.24, 2.45) is 0 Å². The molecule has 4 aliphatic heterocycles. The van der Waals surface area contributed by atoms with Crippen LogP contribution in [-0.2, 0) is 19.2 Å². The van der Waals surface area contributed by atoms with Gasteiger partial charge in [0.2, 0.25) is 11.8 Å². The lowest BCUT2D eigenvalue weighted by atomic mass is 9.89. The smallest absolute Gasteiger partial charge is 0.410 e. The number of halogens is 2. The molecular weight excluding hydrogens is 919 g/mol. The van der Waals surface area contributed by atoms with Gasteiger partial charge in [0.1, 0.15) is 34.7 Å². The molecule has 4 saturated heterocycles. The molecule has 19 heteroatoms. The summed E-state index contributed by atoms with van der Waals surface area (Å²) in [4.78, 5) is 75.3. The molecule has 17 nitrogen and oxygen atoms in total. The number of likely N-dealkylation sites (tertiary alicyclic amines) is 1. The number of rotatable bonds is 12. The zero-order chi connectivity index (χ0) is 50.9. The van der Waals surface area contributed by atoms with Crippen LogP contribution in [0.4, 0.5) is 47.7 Å². The second-order valence-corrected chi connectivity index (χ2v) is 20.8. The van der Waals surface area contributed by atoms with Gasteiger partial charge in [-0.3, -0.25) is 39.6 Å². The Hall–Kier alpha value is -6.73. The molecule has 0 bridgehead atoms. The van der Waals surface area contributed by atoms with Gasteiger partial charge in [0.25, 0.3) is 11.4 Å². The number of amides is 3. The number of benzene rings is 4. The average Bonchev–Trinajstić information content (AvgIpc) is 4.10. The van der Waals surface area contributed by atoms with Gasteiger partial charge in [-0.05, 0) is 140 Å². The Balaban J connectivity index is 1.11. The zero-order valence-electron chi connectivity index (χ0n) is 41.0. The van der Waals surface area contributed by atoms with Gasteiger partial charge in [-0.1, -0.05) is 42.5 Å². The van der Waals surface area contributed by atoms with E-state index in [1.165, 1.54) is 46.9 Å². The third kappa shape index (κ3) is 11.4. The monoisotopic (exact) mass is 980 g/mol. The molecule has 0 saturated carbocycles. The number of hydrogen-bond acceptors (Lipinski definition) is 12. The number of carbonyl (C=O) groups excluding carboxylic acids is 3. The minimum absolute atomic E-state index is 0.0370. The number of nitrogens with zero attached hydrogens (tertiary/aromatic N) is 6. The maximum atomic E-state index is 16.6. The van der Waals surface area contributed by atoms with Crippen LogP contribution in [0.3, 0.4) is 0 Å². The van der Waals surface area contributed by atoms with Crippen LogP contribution in [-0.4, -0.2) is 87.2 Å². The Bertz CT molecular complexity index is 2650. The molecule has 2 N–H and O–H groups in total. The summed E-state index contributed by atoms with van der Waals surface area (Å²) in [6.07, 6.45) is 3.35. The fraction of sp³-hybridized carbons (Fsp3) is 0.481. The van der Waals surface area contributed by atoms with Gasteiger partial charge in [-0.25, -0.2) is 13.6 Å². The van der Waals surface area contributed by atoms with Crippen LogP contribution >= 0.6 is 0 Å². The van der Waals surface area contributed by atoms with E-state index < -0.39 is 86.1 Å². The standard InChI is InChI=1S/C52H62F2N8O9/c1-51(2,3)70-50(65)58-24-10-14-43(58)48(63)55-39-18-16-34(28-45(39)61(66)67)41-20-21-42(35-17-19-40(46(29-35)62(68)69)56-49(64)44-15-11-25-59(44)71-52(4,5)6)60(41)36-30-37(53)47(38(54)31-36)57-26-22-33(23-27-57)32-12-8-7-9-13-32/h7-9,12-13,16-19,28-31,33,41-44H,10-11,14-15,20-27H2,1-6H3,(H,55,63)(H,56,64)/t41-,42-,43+,44+/m1/s1. The number of carbonyl (C=O) groups is 3. The largest absolute Gasteiger partial charge is 0.444 e.